The Bertz CT molecular complexity index is 553. The van der Waals surface area contributed by atoms with Crippen LogP contribution in [0.3, 0.4) is 0 Å². The van der Waals surface area contributed by atoms with E-state index in [1.807, 2.05) is 0 Å². The zero-order chi connectivity index (χ0) is 21.0. The van der Waals surface area contributed by atoms with Crippen LogP contribution in [0.25, 0.3) is 0 Å². The molecule has 0 aliphatic rings. The maximum Gasteiger partial charge on any atom is 0.322 e. The van der Waals surface area contributed by atoms with Gasteiger partial charge in [-0.3, -0.25) is 24.0 Å². The molecule has 0 aromatic carbocycles. The molecule has 3 atom stereocenters. The molecule has 0 bridgehead atoms. The Balaban J connectivity index is 4.62. The number of carbonyl (C=O) groups excluding carboxylic acids is 4. The van der Waals surface area contributed by atoms with E-state index in [0.717, 1.165) is 0 Å². The summed E-state index contributed by atoms with van der Waals surface area (Å²) in [4.78, 5) is 57.8. The van der Waals surface area contributed by atoms with Gasteiger partial charge in [-0.15, -0.1) is 0 Å². The summed E-state index contributed by atoms with van der Waals surface area (Å²) in [6.45, 7) is 4.01. The normalized spacial score (nSPS) is 13.6. The molecular weight excluding hydrogens is 358 g/mol. The average Bonchev–Trinajstić information content (AvgIpc) is 2.58. The van der Waals surface area contributed by atoms with Crippen LogP contribution in [0, 0.1) is 0 Å². The molecule has 0 aromatic heterocycles. The number of rotatable bonds is 12. The first-order chi connectivity index (χ1) is 12.6. The minimum absolute atomic E-state index is 0.372. The van der Waals surface area contributed by atoms with Gasteiger partial charge in [-0.1, -0.05) is 0 Å². The number of aliphatic carboxylic acids is 1. The molecule has 11 nitrogen and oxygen atoms in total. The Morgan fingerprint density at radius 3 is 1.96 bits per heavy atom. The highest BCUT2D eigenvalue weighted by Gasteiger charge is 2.25. The number of nitrogens with one attached hydrogen (secondary N) is 4. The molecule has 154 valence electrons. The second-order valence-corrected chi connectivity index (χ2v) is 6.11. The number of hydrogen-bond acceptors (Lipinski definition) is 6. The minimum atomic E-state index is -1.21. The third kappa shape index (κ3) is 10.8. The van der Waals surface area contributed by atoms with Gasteiger partial charge in [0.1, 0.15) is 24.7 Å². The third-order valence-corrected chi connectivity index (χ3v) is 3.56. The maximum atomic E-state index is 12.3. The summed E-state index contributed by atoms with van der Waals surface area (Å²) in [5.74, 6) is -3.38. The second-order valence-electron chi connectivity index (χ2n) is 6.11. The van der Waals surface area contributed by atoms with Crippen molar-refractivity contribution in [3.05, 3.63) is 0 Å². The van der Waals surface area contributed by atoms with Gasteiger partial charge in [-0.05, 0) is 39.7 Å². The van der Waals surface area contributed by atoms with Crippen molar-refractivity contribution in [2.75, 3.05) is 13.1 Å². The van der Waals surface area contributed by atoms with E-state index < -0.39 is 48.4 Å². The average molecular weight is 387 g/mol. The first-order valence-corrected chi connectivity index (χ1v) is 8.65. The van der Waals surface area contributed by atoms with Crippen molar-refractivity contribution in [1.82, 2.24) is 21.3 Å². The van der Waals surface area contributed by atoms with Crippen LogP contribution in [0.5, 0.6) is 0 Å². The second kappa shape index (κ2) is 12.6. The lowest BCUT2D eigenvalue weighted by atomic mass is 10.1. The largest absolute Gasteiger partial charge is 0.480 e. The summed E-state index contributed by atoms with van der Waals surface area (Å²) in [5.41, 5.74) is 5.42. The van der Waals surface area contributed by atoms with Gasteiger partial charge in [-0.25, -0.2) is 0 Å². The molecule has 0 unspecified atom stereocenters. The van der Waals surface area contributed by atoms with E-state index in [0.29, 0.717) is 25.8 Å². The van der Waals surface area contributed by atoms with Gasteiger partial charge in [0.2, 0.25) is 23.6 Å². The number of amides is 4. The van der Waals surface area contributed by atoms with Gasteiger partial charge in [0.05, 0.1) is 0 Å². The van der Waals surface area contributed by atoms with Gasteiger partial charge < -0.3 is 32.1 Å². The Kier molecular flexibility index (Phi) is 11.4. The molecule has 0 saturated heterocycles. The molecular formula is C16H29N5O6. The Labute approximate surface area is 157 Å². The van der Waals surface area contributed by atoms with Crippen molar-refractivity contribution in [3.63, 3.8) is 0 Å². The summed E-state index contributed by atoms with van der Waals surface area (Å²) in [6, 6.07) is -2.73. The fraction of sp³-hybridized carbons (Fsp3) is 0.688. The fourth-order valence-electron chi connectivity index (χ4n) is 2.11. The Hall–Kier alpha value is -2.69. The zero-order valence-corrected chi connectivity index (χ0v) is 15.8. The number of hydrogen-bond donors (Lipinski definition) is 6. The molecule has 0 saturated carbocycles. The van der Waals surface area contributed by atoms with Crippen molar-refractivity contribution in [2.24, 2.45) is 5.73 Å². The molecule has 0 spiro atoms. The predicted molar refractivity (Wildman–Crippen MR) is 96.4 cm³/mol. The summed E-state index contributed by atoms with van der Waals surface area (Å²) in [6.07, 6.45) is 1.71. The molecule has 27 heavy (non-hydrogen) atoms. The van der Waals surface area contributed by atoms with E-state index in [-0.39, 0.29) is 5.91 Å². The molecule has 0 fully saturated rings. The van der Waals surface area contributed by atoms with E-state index in [9.17, 15) is 24.0 Å². The summed E-state index contributed by atoms with van der Waals surface area (Å²) < 4.78 is 0. The lowest BCUT2D eigenvalue weighted by molar-refractivity contribution is -0.138. The van der Waals surface area contributed by atoms with E-state index in [1.54, 1.807) is 0 Å². The molecule has 0 aromatic rings. The summed E-state index contributed by atoms with van der Waals surface area (Å²) >= 11 is 0. The molecule has 0 rings (SSSR count). The van der Waals surface area contributed by atoms with Crippen LogP contribution in [0.2, 0.25) is 0 Å². The van der Waals surface area contributed by atoms with Crippen LogP contribution in [-0.2, 0) is 24.0 Å². The van der Waals surface area contributed by atoms with Gasteiger partial charge in [0.25, 0.3) is 0 Å². The number of carboxylic acid groups (broad SMARTS) is 1. The lowest BCUT2D eigenvalue weighted by Gasteiger charge is -2.22. The van der Waals surface area contributed by atoms with E-state index >= 15 is 0 Å². The molecule has 0 heterocycles. The van der Waals surface area contributed by atoms with Crippen molar-refractivity contribution in [1.29, 1.82) is 0 Å². The minimum Gasteiger partial charge on any atom is -0.480 e. The van der Waals surface area contributed by atoms with Crippen LogP contribution < -0.4 is 27.0 Å². The third-order valence-electron chi connectivity index (χ3n) is 3.56. The lowest BCUT2D eigenvalue weighted by Crippen LogP contribution is -2.55. The first kappa shape index (κ1) is 24.3. The monoisotopic (exact) mass is 387 g/mol. The smallest absolute Gasteiger partial charge is 0.322 e. The first-order valence-electron chi connectivity index (χ1n) is 8.65. The summed E-state index contributed by atoms with van der Waals surface area (Å²) in [7, 11) is 0. The highest BCUT2D eigenvalue weighted by atomic mass is 16.4. The molecule has 7 N–H and O–H groups in total. The fourth-order valence-corrected chi connectivity index (χ4v) is 2.11. The SMILES string of the molecule is CC(=O)N[C@H](CCCCN)C(=O)N[C@@H](C)C(=O)N[C@@H](C)C(=O)NCC(=O)O. The number of nitrogens with two attached hydrogens (primary N) is 1. The van der Waals surface area contributed by atoms with Crippen molar-refractivity contribution in [2.45, 2.75) is 58.2 Å². The highest BCUT2D eigenvalue weighted by Crippen LogP contribution is 2.02. The van der Waals surface area contributed by atoms with Crippen LogP contribution in [-0.4, -0.2) is 65.9 Å². The van der Waals surface area contributed by atoms with E-state index in [1.165, 1.54) is 20.8 Å². The molecule has 0 aliphatic heterocycles. The van der Waals surface area contributed by atoms with Crippen molar-refractivity contribution >= 4 is 29.6 Å². The van der Waals surface area contributed by atoms with E-state index in [4.69, 9.17) is 10.8 Å². The maximum absolute atomic E-state index is 12.3. The Morgan fingerprint density at radius 2 is 1.44 bits per heavy atom. The van der Waals surface area contributed by atoms with Crippen molar-refractivity contribution < 1.29 is 29.1 Å². The molecule has 4 amide bonds. The topological polar surface area (TPSA) is 180 Å². The van der Waals surface area contributed by atoms with Crippen LogP contribution in [0.1, 0.15) is 40.0 Å². The van der Waals surface area contributed by atoms with Crippen molar-refractivity contribution in [3.8, 4) is 0 Å². The number of carboxylic acids is 1. The summed E-state index contributed by atoms with van der Waals surface area (Å²) in [5, 5.41) is 18.0. The van der Waals surface area contributed by atoms with Crippen LogP contribution >= 0.6 is 0 Å². The molecule has 0 radical (unpaired) electrons. The predicted octanol–water partition coefficient (Wildman–Crippen LogP) is -2.17. The zero-order valence-electron chi connectivity index (χ0n) is 15.8. The van der Waals surface area contributed by atoms with Gasteiger partial charge >= 0.3 is 5.97 Å². The van der Waals surface area contributed by atoms with Gasteiger partial charge in [-0.2, -0.15) is 0 Å². The number of carbonyl (C=O) groups is 5. The van der Waals surface area contributed by atoms with E-state index in [2.05, 4.69) is 21.3 Å². The van der Waals surface area contributed by atoms with Crippen LogP contribution in [0.15, 0.2) is 0 Å². The molecule has 0 aliphatic carbocycles. The molecule has 11 heteroatoms. The van der Waals surface area contributed by atoms with Crippen LogP contribution in [0.4, 0.5) is 0 Å². The Morgan fingerprint density at radius 1 is 0.889 bits per heavy atom. The standard InChI is InChI=1S/C16H29N5O6/c1-9(14(25)18-8-13(23)24)19-15(26)10(2)20-16(27)12(21-11(3)22)6-4-5-7-17/h9-10,12H,4-8,17H2,1-3H3,(H,18,25)(H,19,26)(H,20,27)(H,21,22)(H,23,24)/t9-,10-,12+/m0/s1. The highest BCUT2D eigenvalue weighted by molar-refractivity contribution is 5.94. The van der Waals surface area contributed by atoms with Gasteiger partial charge in [0.15, 0.2) is 0 Å². The van der Waals surface area contributed by atoms with Gasteiger partial charge in [0, 0.05) is 6.92 Å². The quantitative estimate of drug-likeness (QED) is 0.206. The number of unbranched alkanes of at least 4 members (excludes halogenated alkanes) is 1.